The molecule has 0 N–H and O–H groups in total. The Morgan fingerprint density at radius 3 is 1.53 bits per heavy atom. The molecule has 2 aliphatic rings. The van der Waals surface area contributed by atoms with Crippen LogP contribution in [-0.2, 0) is 32.6 Å². The highest BCUT2D eigenvalue weighted by molar-refractivity contribution is 5.33. The van der Waals surface area contributed by atoms with Crippen molar-refractivity contribution in [3.8, 4) is 5.75 Å². The zero-order valence-corrected chi connectivity index (χ0v) is 29.5. The second kappa shape index (κ2) is 16.6. The van der Waals surface area contributed by atoms with Crippen LogP contribution in [0.25, 0.3) is 0 Å². The molecule has 11 heteroatoms. The molecule has 8 rings (SSSR count). The van der Waals surface area contributed by atoms with Gasteiger partial charge in [0.1, 0.15) is 5.75 Å². The minimum atomic E-state index is 0.0404. The van der Waals surface area contributed by atoms with Crippen molar-refractivity contribution in [1.82, 2.24) is 50.2 Å². The first kappa shape index (κ1) is 34.2. The summed E-state index contributed by atoms with van der Waals surface area (Å²) >= 11 is 0. The standard InChI is InChI=1S/C21H25N5O.C19H21N5/c1-2-3-15-27-19-11-9-18(10-12-19)20-21-22-23-24-26(21)14-13-25(20)16-17-7-5-4-6-8-17;1-2-15-8-10-17(11-9-15)18-19-20-21-22-24(19)13-12-23(18)14-16-6-4-3-5-7-16/h4-12,20H,2-3,13-16H2,1H3;3-11,18H,2,12-14H2,1H3/t20-;18-/m11/s1. The molecule has 262 valence electrons. The maximum atomic E-state index is 5.81. The van der Waals surface area contributed by atoms with Gasteiger partial charge < -0.3 is 4.74 Å². The van der Waals surface area contributed by atoms with Crippen molar-refractivity contribution in [2.75, 3.05) is 19.7 Å². The van der Waals surface area contributed by atoms with Crippen molar-refractivity contribution in [2.45, 2.75) is 71.4 Å². The Bertz CT molecular complexity index is 1930. The summed E-state index contributed by atoms with van der Waals surface area (Å²) in [5.74, 6) is 2.75. The van der Waals surface area contributed by atoms with Crippen molar-refractivity contribution in [2.24, 2.45) is 0 Å². The summed E-state index contributed by atoms with van der Waals surface area (Å²) in [5, 5.41) is 24.7. The zero-order chi connectivity index (χ0) is 34.8. The maximum Gasteiger partial charge on any atom is 0.173 e. The number of ether oxygens (including phenoxy) is 1. The van der Waals surface area contributed by atoms with E-state index in [1.54, 1.807) is 0 Å². The topological polar surface area (TPSA) is 103 Å². The van der Waals surface area contributed by atoms with Crippen LogP contribution in [0.2, 0.25) is 0 Å². The molecule has 6 aromatic rings. The zero-order valence-electron chi connectivity index (χ0n) is 29.5. The number of benzene rings is 4. The van der Waals surface area contributed by atoms with E-state index in [1.165, 1.54) is 27.8 Å². The van der Waals surface area contributed by atoms with E-state index in [2.05, 4.69) is 164 Å². The monoisotopic (exact) mass is 682 g/mol. The molecule has 0 bridgehead atoms. The highest BCUT2D eigenvalue weighted by Gasteiger charge is 2.33. The van der Waals surface area contributed by atoms with Crippen LogP contribution in [0.15, 0.2) is 109 Å². The molecule has 2 atom stereocenters. The molecule has 0 saturated heterocycles. The van der Waals surface area contributed by atoms with Gasteiger partial charge in [-0.05, 0) is 73.6 Å². The SMILES string of the molecule is CCCCOc1ccc([C@@H]2c3nnnn3CCN2Cc2ccccc2)cc1.CCc1ccc([C@@H]2c3nnnn3CCN2Cc2ccccc2)cc1. The van der Waals surface area contributed by atoms with Crippen molar-refractivity contribution < 1.29 is 4.74 Å². The number of aromatic nitrogens is 8. The van der Waals surface area contributed by atoms with E-state index in [9.17, 15) is 0 Å². The van der Waals surface area contributed by atoms with E-state index in [4.69, 9.17) is 4.74 Å². The normalized spacial score (nSPS) is 17.2. The van der Waals surface area contributed by atoms with Crippen LogP contribution in [0, 0.1) is 0 Å². The molecule has 0 spiro atoms. The number of fused-ring (bicyclic) bond motifs is 2. The molecule has 2 aliphatic heterocycles. The second-order valence-corrected chi connectivity index (χ2v) is 13.1. The van der Waals surface area contributed by atoms with Crippen LogP contribution < -0.4 is 4.74 Å². The first-order chi connectivity index (χ1) is 25.2. The van der Waals surface area contributed by atoms with E-state index < -0.39 is 0 Å². The Morgan fingerprint density at radius 1 is 0.569 bits per heavy atom. The van der Waals surface area contributed by atoms with Gasteiger partial charge in [0.2, 0.25) is 0 Å². The third kappa shape index (κ3) is 8.22. The lowest BCUT2D eigenvalue weighted by molar-refractivity contribution is 0.164. The van der Waals surface area contributed by atoms with Crippen molar-refractivity contribution in [3.63, 3.8) is 0 Å². The molecule has 0 aliphatic carbocycles. The molecule has 0 amide bonds. The van der Waals surface area contributed by atoms with Gasteiger partial charge in [-0.25, -0.2) is 9.36 Å². The molecular formula is C40H46N10O. The van der Waals surface area contributed by atoms with Gasteiger partial charge in [0.15, 0.2) is 11.6 Å². The molecule has 0 saturated carbocycles. The Morgan fingerprint density at radius 2 is 1.06 bits per heavy atom. The summed E-state index contributed by atoms with van der Waals surface area (Å²) in [6, 6.07) is 38.5. The predicted molar refractivity (Wildman–Crippen MR) is 196 cm³/mol. The van der Waals surface area contributed by atoms with E-state index in [0.717, 1.165) is 82.5 Å². The summed E-state index contributed by atoms with van der Waals surface area (Å²) in [6.45, 7) is 10.4. The molecular weight excluding hydrogens is 637 g/mol. The van der Waals surface area contributed by atoms with E-state index in [-0.39, 0.29) is 12.1 Å². The summed E-state index contributed by atoms with van der Waals surface area (Å²) in [6.07, 6.45) is 3.26. The summed E-state index contributed by atoms with van der Waals surface area (Å²) in [7, 11) is 0. The van der Waals surface area contributed by atoms with E-state index in [0.29, 0.717) is 0 Å². The molecule has 51 heavy (non-hydrogen) atoms. The van der Waals surface area contributed by atoms with Crippen molar-refractivity contribution in [1.29, 1.82) is 0 Å². The van der Waals surface area contributed by atoms with Crippen molar-refractivity contribution in [3.05, 3.63) is 149 Å². The van der Waals surface area contributed by atoms with Gasteiger partial charge in [-0.1, -0.05) is 117 Å². The fourth-order valence-electron chi connectivity index (χ4n) is 6.88. The number of nitrogens with zero attached hydrogens (tertiary/aromatic N) is 10. The average Bonchev–Trinajstić information content (AvgIpc) is 3.87. The lowest BCUT2D eigenvalue weighted by Crippen LogP contribution is -2.38. The number of hydrogen-bond acceptors (Lipinski definition) is 9. The summed E-state index contributed by atoms with van der Waals surface area (Å²) in [5.41, 5.74) is 6.39. The minimum Gasteiger partial charge on any atom is -0.494 e. The Labute approximate surface area is 299 Å². The summed E-state index contributed by atoms with van der Waals surface area (Å²) in [4.78, 5) is 4.90. The molecule has 0 fully saturated rings. The second-order valence-electron chi connectivity index (χ2n) is 13.1. The molecule has 0 unspecified atom stereocenters. The first-order valence-corrected chi connectivity index (χ1v) is 18.1. The first-order valence-electron chi connectivity index (χ1n) is 18.1. The highest BCUT2D eigenvalue weighted by atomic mass is 16.5. The van der Waals surface area contributed by atoms with Gasteiger partial charge in [0, 0.05) is 26.2 Å². The highest BCUT2D eigenvalue weighted by Crippen LogP contribution is 2.33. The maximum absolute atomic E-state index is 5.81. The third-order valence-electron chi connectivity index (χ3n) is 9.66. The lowest BCUT2D eigenvalue weighted by Gasteiger charge is -2.35. The molecule has 11 nitrogen and oxygen atoms in total. The molecule has 0 radical (unpaired) electrons. The van der Waals surface area contributed by atoms with Crippen LogP contribution in [0.5, 0.6) is 5.75 Å². The van der Waals surface area contributed by atoms with Crippen LogP contribution in [-0.4, -0.2) is 69.9 Å². The van der Waals surface area contributed by atoms with Gasteiger partial charge in [0.25, 0.3) is 0 Å². The van der Waals surface area contributed by atoms with Gasteiger partial charge in [-0.3, -0.25) is 9.80 Å². The number of unbranched alkanes of at least 4 members (excludes halogenated alkanes) is 1. The summed E-state index contributed by atoms with van der Waals surface area (Å²) < 4.78 is 9.65. The predicted octanol–water partition coefficient (Wildman–Crippen LogP) is 6.30. The Hall–Kier alpha value is -5.26. The fraction of sp³-hybridized carbons (Fsp3) is 0.350. The van der Waals surface area contributed by atoms with Gasteiger partial charge in [-0.15, -0.1) is 10.2 Å². The lowest BCUT2D eigenvalue weighted by atomic mass is 10.00. The van der Waals surface area contributed by atoms with Gasteiger partial charge in [0.05, 0.1) is 31.8 Å². The third-order valence-corrected chi connectivity index (χ3v) is 9.66. The molecule has 4 heterocycles. The Balaban J connectivity index is 0.000000160. The number of hydrogen-bond donors (Lipinski definition) is 0. The molecule has 2 aromatic heterocycles. The van der Waals surface area contributed by atoms with E-state index in [1.807, 2.05) is 9.36 Å². The molecule has 4 aromatic carbocycles. The van der Waals surface area contributed by atoms with Gasteiger partial charge >= 0.3 is 0 Å². The van der Waals surface area contributed by atoms with Crippen LogP contribution in [0.4, 0.5) is 0 Å². The number of aryl methyl sites for hydroxylation is 1. The minimum absolute atomic E-state index is 0.0404. The van der Waals surface area contributed by atoms with E-state index >= 15 is 0 Å². The Kier molecular flexibility index (Phi) is 11.2. The van der Waals surface area contributed by atoms with Crippen LogP contribution >= 0.6 is 0 Å². The van der Waals surface area contributed by atoms with Crippen LogP contribution in [0.3, 0.4) is 0 Å². The van der Waals surface area contributed by atoms with Crippen molar-refractivity contribution >= 4 is 0 Å². The average molecular weight is 683 g/mol. The number of tetrazole rings is 2. The fourth-order valence-corrected chi connectivity index (χ4v) is 6.88. The smallest absolute Gasteiger partial charge is 0.173 e. The quantitative estimate of drug-likeness (QED) is 0.146. The van der Waals surface area contributed by atoms with Gasteiger partial charge in [-0.2, -0.15) is 0 Å². The largest absolute Gasteiger partial charge is 0.494 e. The van der Waals surface area contributed by atoms with Crippen LogP contribution in [0.1, 0.15) is 78.2 Å². The number of rotatable bonds is 11.